The number of nitrogens with zero attached hydrogens (tertiary/aromatic N) is 2. The van der Waals surface area contributed by atoms with E-state index in [2.05, 4.69) is 15.5 Å². The number of benzene rings is 1. The summed E-state index contributed by atoms with van der Waals surface area (Å²) in [6.45, 7) is 1.40. The second-order valence-corrected chi connectivity index (χ2v) is 7.54. The molecule has 2 aliphatic rings. The highest BCUT2D eigenvalue weighted by Gasteiger charge is 2.42. The number of rotatable bonds is 6. The van der Waals surface area contributed by atoms with Crippen molar-refractivity contribution in [3.63, 3.8) is 0 Å². The third-order valence-corrected chi connectivity index (χ3v) is 5.62. The zero-order valence-corrected chi connectivity index (χ0v) is 15.3. The highest BCUT2D eigenvalue weighted by molar-refractivity contribution is 5.86. The number of fused-ring (bicyclic) bond motifs is 1. The van der Waals surface area contributed by atoms with Crippen molar-refractivity contribution in [3.8, 4) is 0 Å². The van der Waals surface area contributed by atoms with Crippen molar-refractivity contribution in [1.29, 1.82) is 0 Å². The Morgan fingerprint density at radius 1 is 1.30 bits per heavy atom. The number of halogens is 1. The van der Waals surface area contributed by atoms with Crippen LogP contribution >= 0.6 is 0 Å². The summed E-state index contributed by atoms with van der Waals surface area (Å²) in [6, 6.07) is 6.44. The van der Waals surface area contributed by atoms with E-state index in [1.54, 1.807) is 23.1 Å². The van der Waals surface area contributed by atoms with Gasteiger partial charge in [-0.1, -0.05) is 18.2 Å². The van der Waals surface area contributed by atoms with Gasteiger partial charge in [0.2, 0.25) is 0 Å². The molecule has 1 atom stereocenters. The highest BCUT2D eigenvalue weighted by Crippen LogP contribution is 2.25. The lowest BCUT2D eigenvalue weighted by Crippen LogP contribution is -2.57. The van der Waals surface area contributed by atoms with E-state index < -0.39 is 5.60 Å². The Morgan fingerprint density at radius 2 is 2.15 bits per heavy atom. The number of aromatic amines is 1. The van der Waals surface area contributed by atoms with Gasteiger partial charge in [0.25, 0.3) is 5.91 Å². The third kappa shape index (κ3) is 3.61. The van der Waals surface area contributed by atoms with Crippen LogP contribution in [0.2, 0.25) is 0 Å². The molecule has 0 bridgehead atoms. The summed E-state index contributed by atoms with van der Waals surface area (Å²) in [6.07, 6.45) is 4.31. The molecule has 1 aromatic carbocycles. The minimum atomic E-state index is -1.46. The zero-order valence-electron chi connectivity index (χ0n) is 15.3. The summed E-state index contributed by atoms with van der Waals surface area (Å²) in [5.74, 6) is -0.665. The van der Waals surface area contributed by atoms with Gasteiger partial charge in [0.15, 0.2) is 5.60 Å². The molecule has 1 amide bonds. The SMILES string of the molecule is O=C1N(Cc2ccccc2F)CCC[C@]1(O)CNCc1n[nH]c2c1CCC2. The van der Waals surface area contributed by atoms with E-state index in [1.165, 1.54) is 17.3 Å². The molecule has 1 aromatic heterocycles. The maximum Gasteiger partial charge on any atom is 0.256 e. The van der Waals surface area contributed by atoms with Crippen molar-refractivity contribution in [2.75, 3.05) is 13.1 Å². The summed E-state index contributed by atoms with van der Waals surface area (Å²) in [4.78, 5) is 14.4. The smallest absolute Gasteiger partial charge is 0.256 e. The minimum absolute atomic E-state index is 0.168. The summed E-state index contributed by atoms with van der Waals surface area (Å²) in [5.41, 5.74) is 2.46. The van der Waals surface area contributed by atoms with Crippen molar-refractivity contribution in [2.24, 2.45) is 0 Å². The first kappa shape index (κ1) is 18.1. The first-order valence-corrected chi connectivity index (χ1v) is 9.58. The standard InChI is InChI=1S/C20H25FN4O2/c21-16-7-2-1-5-14(16)12-25-10-4-9-20(27,19(25)26)13-22-11-18-15-6-3-8-17(15)23-24-18/h1-2,5,7,22,27H,3-4,6,8-13H2,(H,23,24)/t20-/m0/s1. The van der Waals surface area contributed by atoms with Crippen LogP contribution in [0.3, 0.4) is 0 Å². The van der Waals surface area contributed by atoms with E-state index in [1.807, 2.05) is 0 Å². The van der Waals surface area contributed by atoms with Crippen LogP contribution in [-0.4, -0.2) is 44.8 Å². The number of likely N-dealkylation sites (tertiary alicyclic amines) is 1. The van der Waals surface area contributed by atoms with E-state index in [9.17, 15) is 14.3 Å². The van der Waals surface area contributed by atoms with Gasteiger partial charge in [-0.3, -0.25) is 9.89 Å². The Kier molecular flexibility index (Phi) is 4.97. The lowest BCUT2D eigenvalue weighted by Gasteiger charge is -2.38. The predicted octanol–water partition coefficient (Wildman–Crippen LogP) is 1.68. The second kappa shape index (κ2) is 7.40. The largest absolute Gasteiger partial charge is 0.379 e. The molecule has 7 heteroatoms. The van der Waals surface area contributed by atoms with E-state index >= 15 is 0 Å². The van der Waals surface area contributed by atoms with Crippen LogP contribution in [0.4, 0.5) is 4.39 Å². The van der Waals surface area contributed by atoms with Gasteiger partial charge >= 0.3 is 0 Å². The van der Waals surface area contributed by atoms with Crippen LogP contribution in [0.1, 0.15) is 41.8 Å². The number of hydrogen-bond donors (Lipinski definition) is 3. The molecule has 1 aliphatic carbocycles. The average molecular weight is 372 g/mol. The van der Waals surface area contributed by atoms with Crippen molar-refractivity contribution in [3.05, 3.63) is 52.6 Å². The quantitative estimate of drug-likeness (QED) is 0.721. The van der Waals surface area contributed by atoms with Gasteiger partial charge < -0.3 is 15.3 Å². The van der Waals surface area contributed by atoms with E-state index in [4.69, 9.17) is 0 Å². The fourth-order valence-electron chi connectivity index (χ4n) is 4.13. The molecular weight excluding hydrogens is 347 g/mol. The molecule has 0 unspecified atom stereocenters. The van der Waals surface area contributed by atoms with E-state index in [0.29, 0.717) is 31.5 Å². The van der Waals surface area contributed by atoms with Crippen molar-refractivity contribution >= 4 is 5.91 Å². The summed E-state index contributed by atoms with van der Waals surface area (Å²) in [7, 11) is 0. The van der Waals surface area contributed by atoms with Crippen LogP contribution in [0.25, 0.3) is 0 Å². The van der Waals surface area contributed by atoms with Gasteiger partial charge in [0.1, 0.15) is 5.82 Å². The normalized spacial score (nSPS) is 22.3. The highest BCUT2D eigenvalue weighted by atomic mass is 19.1. The number of aromatic nitrogens is 2. The number of amides is 1. The maximum absolute atomic E-state index is 13.9. The Labute approximate surface area is 157 Å². The molecule has 144 valence electrons. The molecule has 6 nitrogen and oxygen atoms in total. The Bertz CT molecular complexity index is 837. The van der Waals surface area contributed by atoms with E-state index in [0.717, 1.165) is 25.0 Å². The van der Waals surface area contributed by atoms with Gasteiger partial charge in [-0.05, 0) is 43.7 Å². The first-order valence-electron chi connectivity index (χ1n) is 9.58. The van der Waals surface area contributed by atoms with Crippen LogP contribution in [-0.2, 0) is 30.7 Å². The van der Waals surface area contributed by atoms with Gasteiger partial charge in [0, 0.05) is 37.4 Å². The summed E-state index contributed by atoms with van der Waals surface area (Å²) in [5, 5.41) is 21.5. The number of piperidine rings is 1. The molecule has 0 spiro atoms. The Morgan fingerprint density at radius 3 is 3.00 bits per heavy atom. The molecule has 1 aliphatic heterocycles. The number of aliphatic hydroxyl groups is 1. The molecule has 27 heavy (non-hydrogen) atoms. The van der Waals surface area contributed by atoms with Gasteiger partial charge in [-0.15, -0.1) is 0 Å². The van der Waals surface area contributed by atoms with Crippen molar-refractivity contribution in [2.45, 2.75) is 50.8 Å². The van der Waals surface area contributed by atoms with Crippen LogP contribution in [0.5, 0.6) is 0 Å². The van der Waals surface area contributed by atoms with Crippen molar-refractivity contribution < 1.29 is 14.3 Å². The van der Waals surface area contributed by atoms with E-state index in [-0.39, 0.29) is 24.8 Å². The topological polar surface area (TPSA) is 81.2 Å². The molecule has 2 heterocycles. The zero-order chi connectivity index (χ0) is 18.9. The number of hydrogen-bond acceptors (Lipinski definition) is 4. The van der Waals surface area contributed by atoms with Crippen LogP contribution in [0, 0.1) is 5.82 Å². The fourth-order valence-corrected chi connectivity index (χ4v) is 4.13. The number of carbonyl (C=O) groups excluding carboxylic acids is 1. The molecule has 1 saturated heterocycles. The van der Waals surface area contributed by atoms with Gasteiger partial charge in [-0.2, -0.15) is 5.10 Å². The maximum atomic E-state index is 13.9. The monoisotopic (exact) mass is 372 g/mol. The summed E-state index contributed by atoms with van der Waals surface area (Å²) < 4.78 is 13.9. The van der Waals surface area contributed by atoms with Crippen molar-refractivity contribution in [1.82, 2.24) is 20.4 Å². The average Bonchev–Trinajstić information content (AvgIpc) is 3.26. The molecule has 3 N–H and O–H groups in total. The molecule has 2 aromatic rings. The number of H-pyrrole nitrogens is 1. The second-order valence-electron chi connectivity index (χ2n) is 7.54. The molecular formula is C20H25FN4O2. The predicted molar refractivity (Wildman–Crippen MR) is 98.3 cm³/mol. The number of carbonyl (C=O) groups is 1. The minimum Gasteiger partial charge on any atom is -0.379 e. The first-order chi connectivity index (χ1) is 13.1. The molecule has 0 radical (unpaired) electrons. The molecule has 1 fully saturated rings. The third-order valence-electron chi connectivity index (χ3n) is 5.62. The number of nitrogens with one attached hydrogen (secondary N) is 2. The fraction of sp³-hybridized carbons (Fsp3) is 0.500. The Balaban J connectivity index is 1.38. The molecule has 4 rings (SSSR count). The summed E-state index contributed by atoms with van der Waals surface area (Å²) >= 11 is 0. The molecule has 0 saturated carbocycles. The number of aryl methyl sites for hydroxylation is 1. The van der Waals surface area contributed by atoms with Crippen LogP contribution in [0.15, 0.2) is 24.3 Å². The van der Waals surface area contributed by atoms with Gasteiger partial charge in [0.05, 0.1) is 5.69 Å². The lowest BCUT2D eigenvalue weighted by molar-refractivity contribution is -0.157. The van der Waals surface area contributed by atoms with Crippen LogP contribution < -0.4 is 5.32 Å². The Hall–Kier alpha value is -2.25. The van der Waals surface area contributed by atoms with Gasteiger partial charge in [-0.25, -0.2) is 4.39 Å². The lowest BCUT2D eigenvalue weighted by atomic mass is 9.91.